The van der Waals surface area contributed by atoms with Gasteiger partial charge in [0.15, 0.2) is 0 Å². The van der Waals surface area contributed by atoms with Crippen LogP contribution in [0.25, 0.3) is 0 Å². The lowest BCUT2D eigenvalue weighted by Crippen LogP contribution is -2.39. The average molecular weight is 341 g/mol. The first-order valence-corrected chi connectivity index (χ1v) is 9.41. The van der Waals surface area contributed by atoms with Gasteiger partial charge in [0.2, 0.25) is 0 Å². The zero-order chi connectivity index (χ0) is 18.0. The molecule has 0 unspecified atom stereocenters. The van der Waals surface area contributed by atoms with Gasteiger partial charge in [0.05, 0.1) is 13.2 Å². The van der Waals surface area contributed by atoms with Crippen molar-refractivity contribution in [2.45, 2.75) is 90.7 Å². The lowest BCUT2D eigenvalue weighted by molar-refractivity contribution is -0.153. The average Bonchev–Trinajstić information content (AvgIpc) is 2.49. The fourth-order valence-corrected chi connectivity index (χ4v) is 3.20. The van der Waals surface area contributed by atoms with Gasteiger partial charge in [0.25, 0.3) is 0 Å². The van der Waals surface area contributed by atoms with Crippen molar-refractivity contribution in [2.75, 3.05) is 13.2 Å². The first kappa shape index (κ1) is 20.9. The summed E-state index contributed by atoms with van der Waals surface area (Å²) in [6.45, 7) is 8.27. The summed E-state index contributed by atoms with van der Waals surface area (Å²) in [4.78, 5) is 23.0. The van der Waals surface area contributed by atoms with Crippen molar-refractivity contribution in [1.82, 2.24) is 5.32 Å². The number of nitrogens with one attached hydrogen (secondary N) is 1. The van der Waals surface area contributed by atoms with E-state index < -0.39 is 5.60 Å². The SMILES string of the molecule is CCOC(=O)CCCCC1CCC(NCC(=O)OC(C)(C)C)CC1. The van der Waals surface area contributed by atoms with E-state index in [0.29, 0.717) is 25.6 Å². The highest BCUT2D eigenvalue weighted by atomic mass is 16.6. The number of hydrogen-bond donors (Lipinski definition) is 1. The zero-order valence-corrected chi connectivity index (χ0v) is 15.9. The zero-order valence-electron chi connectivity index (χ0n) is 15.9. The van der Waals surface area contributed by atoms with Crippen molar-refractivity contribution in [3.63, 3.8) is 0 Å². The Morgan fingerprint density at radius 2 is 1.71 bits per heavy atom. The highest BCUT2D eigenvalue weighted by molar-refractivity contribution is 5.72. The number of carbonyl (C=O) groups is 2. The van der Waals surface area contributed by atoms with Crippen molar-refractivity contribution < 1.29 is 19.1 Å². The van der Waals surface area contributed by atoms with Crippen molar-refractivity contribution >= 4 is 11.9 Å². The molecule has 0 saturated heterocycles. The third-order valence-corrected chi connectivity index (χ3v) is 4.35. The van der Waals surface area contributed by atoms with Crippen LogP contribution in [0.3, 0.4) is 0 Å². The van der Waals surface area contributed by atoms with E-state index in [1.807, 2.05) is 27.7 Å². The maximum atomic E-state index is 11.7. The summed E-state index contributed by atoms with van der Waals surface area (Å²) in [6.07, 6.45) is 8.39. The van der Waals surface area contributed by atoms with Crippen LogP contribution in [0.4, 0.5) is 0 Å². The van der Waals surface area contributed by atoms with Crippen molar-refractivity contribution in [3.05, 3.63) is 0 Å². The van der Waals surface area contributed by atoms with Crippen LogP contribution in [-0.2, 0) is 19.1 Å². The quantitative estimate of drug-likeness (QED) is 0.513. The van der Waals surface area contributed by atoms with Crippen LogP contribution in [0.15, 0.2) is 0 Å². The minimum atomic E-state index is -0.417. The molecule has 1 fully saturated rings. The Morgan fingerprint density at radius 3 is 2.29 bits per heavy atom. The van der Waals surface area contributed by atoms with Gasteiger partial charge in [-0.2, -0.15) is 0 Å². The first-order valence-electron chi connectivity index (χ1n) is 9.41. The van der Waals surface area contributed by atoms with Gasteiger partial charge in [-0.05, 0) is 65.7 Å². The summed E-state index contributed by atoms with van der Waals surface area (Å²) in [5.41, 5.74) is -0.417. The number of hydrogen-bond acceptors (Lipinski definition) is 5. The predicted octanol–water partition coefficient (Wildman–Crippen LogP) is 3.60. The Morgan fingerprint density at radius 1 is 1.04 bits per heavy atom. The second-order valence-electron chi connectivity index (χ2n) is 7.74. The lowest BCUT2D eigenvalue weighted by atomic mass is 9.83. The highest BCUT2D eigenvalue weighted by Gasteiger charge is 2.22. The molecule has 0 aromatic rings. The van der Waals surface area contributed by atoms with Gasteiger partial charge in [-0.3, -0.25) is 9.59 Å². The Bertz CT molecular complexity index is 381. The molecule has 0 aromatic heterocycles. The van der Waals surface area contributed by atoms with Gasteiger partial charge >= 0.3 is 11.9 Å². The number of rotatable bonds is 9. The van der Waals surface area contributed by atoms with E-state index in [1.54, 1.807) is 0 Å². The summed E-state index contributed by atoms with van der Waals surface area (Å²) in [5, 5.41) is 3.33. The smallest absolute Gasteiger partial charge is 0.320 e. The molecule has 5 nitrogen and oxygen atoms in total. The highest BCUT2D eigenvalue weighted by Crippen LogP contribution is 2.28. The lowest BCUT2D eigenvalue weighted by Gasteiger charge is -2.29. The summed E-state index contributed by atoms with van der Waals surface area (Å²) >= 11 is 0. The largest absolute Gasteiger partial charge is 0.466 e. The fourth-order valence-electron chi connectivity index (χ4n) is 3.20. The summed E-state index contributed by atoms with van der Waals surface area (Å²) in [6, 6.07) is 0.424. The molecular weight excluding hydrogens is 306 g/mol. The van der Waals surface area contributed by atoms with Gasteiger partial charge in [-0.1, -0.05) is 12.8 Å². The van der Waals surface area contributed by atoms with Crippen LogP contribution in [0.5, 0.6) is 0 Å². The van der Waals surface area contributed by atoms with E-state index >= 15 is 0 Å². The van der Waals surface area contributed by atoms with Gasteiger partial charge in [0, 0.05) is 12.5 Å². The van der Waals surface area contributed by atoms with Crippen LogP contribution in [0, 0.1) is 5.92 Å². The van der Waals surface area contributed by atoms with Crippen LogP contribution < -0.4 is 5.32 Å². The standard InChI is InChI=1S/C19H35NO4/c1-5-23-17(21)9-7-6-8-15-10-12-16(13-11-15)20-14-18(22)24-19(2,3)4/h15-16,20H,5-14H2,1-4H3. The van der Waals surface area contributed by atoms with Crippen LogP contribution in [0.2, 0.25) is 0 Å². The van der Waals surface area contributed by atoms with E-state index in [1.165, 1.54) is 19.3 Å². The molecule has 0 amide bonds. The van der Waals surface area contributed by atoms with E-state index in [0.717, 1.165) is 31.6 Å². The molecule has 0 spiro atoms. The number of carbonyl (C=O) groups excluding carboxylic acids is 2. The van der Waals surface area contributed by atoms with E-state index in [-0.39, 0.29) is 11.9 Å². The minimum Gasteiger partial charge on any atom is -0.466 e. The van der Waals surface area contributed by atoms with Crippen molar-refractivity contribution in [2.24, 2.45) is 5.92 Å². The molecular formula is C19H35NO4. The third-order valence-electron chi connectivity index (χ3n) is 4.35. The van der Waals surface area contributed by atoms with E-state index in [4.69, 9.17) is 9.47 Å². The van der Waals surface area contributed by atoms with E-state index in [2.05, 4.69) is 5.32 Å². The van der Waals surface area contributed by atoms with Gasteiger partial charge in [-0.25, -0.2) is 0 Å². The predicted molar refractivity (Wildman–Crippen MR) is 94.7 cm³/mol. The molecule has 0 bridgehead atoms. The molecule has 1 aliphatic rings. The summed E-state index contributed by atoms with van der Waals surface area (Å²) in [5.74, 6) is 0.503. The monoisotopic (exact) mass is 341 g/mol. The minimum absolute atomic E-state index is 0.0763. The normalized spacial score (nSPS) is 21.3. The maximum absolute atomic E-state index is 11.7. The molecule has 1 rings (SSSR count). The molecule has 24 heavy (non-hydrogen) atoms. The Balaban J connectivity index is 2.07. The Labute approximate surface area is 146 Å². The number of esters is 2. The topological polar surface area (TPSA) is 64.6 Å². The Hall–Kier alpha value is -1.10. The third kappa shape index (κ3) is 9.91. The second kappa shape index (κ2) is 10.7. The molecule has 0 heterocycles. The number of ether oxygens (including phenoxy) is 2. The Kier molecular flexibility index (Phi) is 9.34. The van der Waals surface area contributed by atoms with Crippen molar-refractivity contribution in [3.8, 4) is 0 Å². The van der Waals surface area contributed by atoms with Crippen molar-refractivity contribution in [1.29, 1.82) is 0 Å². The molecule has 0 atom stereocenters. The molecule has 1 aliphatic carbocycles. The molecule has 0 radical (unpaired) electrons. The fraction of sp³-hybridized carbons (Fsp3) is 0.895. The number of unbranched alkanes of at least 4 members (excludes halogenated alkanes) is 1. The summed E-state index contributed by atoms with van der Waals surface area (Å²) in [7, 11) is 0. The van der Waals surface area contributed by atoms with Gasteiger partial charge < -0.3 is 14.8 Å². The van der Waals surface area contributed by atoms with Gasteiger partial charge in [-0.15, -0.1) is 0 Å². The van der Waals surface area contributed by atoms with E-state index in [9.17, 15) is 9.59 Å². The first-order chi connectivity index (χ1) is 11.3. The van der Waals surface area contributed by atoms with Gasteiger partial charge in [0.1, 0.15) is 5.60 Å². The van der Waals surface area contributed by atoms with Crippen LogP contribution in [0.1, 0.15) is 79.1 Å². The van der Waals surface area contributed by atoms with Crippen LogP contribution >= 0.6 is 0 Å². The van der Waals surface area contributed by atoms with Crippen LogP contribution in [-0.4, -0.2) is 36.7 Å². The molecule has 1 saturated carbocycles. The summed E-state index contributed by atoms with van der Waals surface area (Å²) < 4.78 is 10.3. The molecule has 1 N–H and O–H groups in total. The maximum Gasteiger partial charge on any atom is 0.320 e. The molecule has 5 heteroatoms. The molecule has 0 aromatic carbocycles. The second-order valence-corrected chi connectivity index (χ2v) is 7.74. The molecule has 0 aliphatic heterocycles. The molecule has 140 valence electrons.